The van der Waals surface area contributed by atoms with E-state index in [2.05, 4.69) is 43.1 Å². The van der Waals surface area contributed by atoms with Gasteiger partial charge in [0.15, 0.2) is 0 Å². The van der Waals surface area contributed by atoms with E-state index < -0.39 is 0 Å². The van der Waals surface area contributed by atoms with Crippen LogP contribution in [0.15, 0.2) is 30.3 Å². The quantitative estimate of drug-likeness (QED) is 0.625. The van der Waals surface area contributed by atoms with Gasteiger partial charge in [-0.15, -0.1) is 0 Å². The Morgan fingerprint density at radius 3 is 2.46 bits per heavy atom. The Balaban J connectivity index is 1.55. The molecule has 5 heteroatoms. The maximum Gasteiger partial charge on any atom is 0.122 e. The summed E-state index contributed by atoms with van der Waals surface area (Å²) >= 11 is 12.3. The third kappa shape index (κ3) is 4.83. The summed E-state index contributed by atoms with van der Waals surface area (Å²) in [5, 5.41) is 5.08. The largest absolute Gasteiger partial charge is 0.496 e. The predicted octanol–water partition coefficient (Wildman–Crippen LogP) is 5.93. The minimum atomic E-state index is 0.413. The molecular formula is C23H30Cl2N2O. The summed E-state index contributed by atoms with van der Waals surface area (Å²) in [6.45, 7) is 9.63. The Labute approximate surface area is 179 Å². The molecule has 28 heavy (non-hydrogen) atoms. The summed E-state index contributed by atoms with van der Waals surface area (Å²) in [6, 6.07) is 11.0. The van der Waals surface area contributed by atoms with E-state index in [1.54, 1.807) is 7.11 Å². The summed E-state index contributed by atoms with van der Waals surface area (Å²) in [7, 11) is 1.74. The number of hydrogen-bond acceptors (Lipinski definition) is 3. The molecule has 1 aliphatic heterocycles. The number of halogens is 2. The van der Waals surface area contributed by atoms with Crippen LogP contribution >= 0.6 is 23.2 Å². The summed E-state index contributed by atoms with van der Waals surface area (Å²) in [6.07, 6.45) is 2.29. The molecule has 1 N–H and O–H groups in total. The zero-order valence-corrected chi connectivity index (χ0v) is 18.7. The Morgan fingerprint density at radius 1 is 1.11 bits per heavy atom. The Kier molecular flexibility index (Phi) is 7.27. The van der Waals surface area contributed by atoms with Crippen molar-refractivity contribution in [3.8, 4) is 5.75 Å². The number of nitrogens with one attached hydrogen (secondary N) is 1. The first-order valence-corrected chi connectivity index (χ1v) is 10.7. The highest BCUT2D eigenvalue weighted by atomic mass is 35.5. The first kappa shape index (κ1) is 21.4. The van der Waals surface area contributed by atoms with Gasteiger partial charge in [-0.05, 0) is 74.1 Å². The van der Waals surface area contributed by atoms with E-state index in [-0.39, 0.29) is 0 Å². The fraction of sp³-hybridized carbons (Fsp3) is 0.478. The van der Waals surface area contributed by atoms with Gasteiger partial charge in [-0.1, -0.05) is 35.3 Å². The number of benzene rings is 2. The van der Waals surface area contributed by atoms with Crippen LogP contribution in [0.4, 0.5) is 0 Å². The van der Waals surface area contributed by atoms with Crippen molar-refractivity contribution in [3.63, 3.8) is 0 Å². The van der Waals surface area contributed by atoms with Crippen LogP contribution in [-0.2, 0) is 6.54 Å². The molecule has 1 atom stereocenters. The van der Waals surface area contributed by atoms with Crippen LogP contribution in [0.25, 0.3) is 0 Å². The molecule has 1 heterocycles. The topological polar surface area (TPSA) is 24.5 Å². The van der Waals surface area contributed by atoms with E-state index in [1.165, 1.54) is 16.7 Å². The van der Waals surface area contributed by atoms with Crippen molar-refractivity contribution in [3.05, 3.63) is 62.6 Å². The Bertz CT molecular complexity index is 816. The molecule has 152 valence electrons. The first-order chi connectivity index (χ1) is 13.4. The lowest BCUT2D eigenvalue weighted by molar-refractivity contribution is 0.151. The maximum atomic E-state index is 6.29. The fourth-order valence-corrected chi connectivity index (χ4v) is 4.57. The normalized spacial score (nSPS) is 16.9. The van der Waals surface area contributed by atoms with Gasteiger partial charge in [0.2, 0.25) is 0 Å². The van der Waals surface area contributed by atoms with Crippen molar-refractivity contribution in [1.29, 1.82) is 0 Å². The van der Waals surface area contributed by atoms with Gasteiger partial charge in [0.05, 0.1) is 7.11 Å². The zero-order valence-electron chi connectivity index (χ0n) is 17.2. The van der Waals surface area contributed by atoms with Crippen molar-refractivity contribution in [2.24, 2.45) is 0 Å². The van der Waals surface area contributed by atoms with Crippen LogP contribution in [0.3, 0.4) is 0 Å². The van der Waals surface area contributed by atoms with Gasteiger partial charge in [0.1, 0.15) is 5.75 Å². The molecule has 0 bridgehead atoms. The molecule has 1 fully saturated rings. The van der Waals surface area contributed by atoms with E-state index in [1.807, 2.05) is 18.2 Å². The lowest BCUT2D eigenvalue weighted by atomic mass is 9.94. The SMILES string of the molecule is COc1ccc(C(C)N2CCC(NCc3ccc(Cl)cc3Cl)CC2)c(C)c1C. The average Bonchev–Trinajstić information content (AvgIpc) is 2.69. The van der Waals surface area contributed by atoms with Crippen LogP contribution < -0.4 is 10.1 Å². The van der Waals surface area contributed by atoms with Crippen molar-refractivity contribution < 1.29 is 4.74 Å². The molecular weight excluding hydrogens is 391 g/mol. The second-order valence-corrected chi connectivity index (χ2v) is 8.55. The van der Waals surface area contributed by atoms with Gasteiger partial charge >= 0.3 is 0 Å². The second kappa shape index (κ2) is 9.49. The molecule has 2 aromatic carbocycles. The van der Waals surface area contributed by atoms with Gasteiger partial charge in [0.25, 0.3) is 0 Å². The number of nitrogens with zero attached hydrogens (tertiary/aromatic N) is 1. The zero-order chi connectivity index (χ0) is 20.3. The number of likely N-dealkylation sites (tertiary alicyclic amines) is 1. The van der Waals surface area contributed by atoms with Gasteiger partial charge in [-0.25, -0.2) is 0 Å². The van der Waals surface area contributed by atoms with Crippen molar-refractivity contribution in [2.75, 3.05) is 20.2 Å². The maximum absolute atomic E-state index is 6.29. The molecule has 0 radical (unpaired) electrons. The smallest absolute Gasteiger partial charge is 0.122 e. The van der Waals surface area contributed by atoms with Gasteiger partial charge in [-0.2, -0.15) is 0 Å². The van der Waals surface area contributed by atoms with E-state index in [0.29, 0.717) is 17.1 Å². The molecule has 0 spiro atoms. The molecule has 1 saturated heterocycles. The number of rotatable bonds is 6. The third-order valence-corrected chi connectivity index (χ3v) is 6.71. The van der Waals surface area contributed by atoms with E-state index in [9.17, 15) is 0 Å². The highest BCUT2D eigenvalue weighted by Gasteiger charge is 2.25. The lowest BCUT2D eigenvalue weighted by Gasteiger charge is -2.37. The highest BCUT2D eigenvalue weighted by molar-refractivity contribution is 6.35. The molecule has 1 aliphatic rings. The van der Waals surface area contributed by atoms with Gasteiger partial charge < -0.3 is 10.1 Å². The first-order valence-electron chi connectivity index (χ1n) is 9.96. The fourth-order valence-electron chi connectivity index (χ4n) is 4.10. The van der Waals surface area contributed by atoms with Crippen molar-refractivity contribution in [2.45, 2.75) is 52.2 Å². The molecule has 0 aliphatic carbocycles. The molecule has 0 amide bonds. The summed E-state index contributed by atoms with van der Waals surface area (Å²) < 4.78 is 5.46. The van der Waals surface area contributed by atoms with Crippen LogP contribution in [-0.4, -0.2) is 31.1 Å². The van der Waals surface area contributed by atoms with Crippen molar-refractivity contribution >= 4 is 23.2 Å². The minimum absolute atomic E-state index is 0.413. The number of hydrogen-bond donors (Lipinski definition) is 1. The molecule has 3 rings (SSSR count). The molecule has 3 nitrogen and oxygen atoms in total. The predicted molar refractivity (Wildman–Crippen MR) is 119 cm³/mol. The van der Waals surface area contributed by atoms with E-state index in [4.69, 9.17) is 27.9 Å². The number of methoxy groups -OCH3 is 1. The molecule has 0 saturated carbocycles. The lowest BCUT2D eigenvalue weighted by Crippen LogP contribution is -2.43. The Morgan fingerprint density at radius 2 is 1.82 bits per heavy atom. The van der Waals surface area contributed by atoms with Gasteiger partial charge in [-0.3, -0.25) is 4.90 Å². The monoisotopic (exact) mass is 420 g/mol. The third-order valence-electron chi connectivity index (χ3n) is 6.12. The number of piperidine rings is 1. The van der Waals surface area contributed by atoms with Crippen LogP contribution in [0.1, 0.15) is 48.1 Å². The van der Waals surface area contributed by atoms with Gasteiger partial charge in [0, 0.05) is 41.8 Å². The highest BCUT2D eigenvalue weighted by Crippen LogP contribution is 2.32. The molecule has 1 unspecified atom stereocenters. The summed E-state index contributed by atoms with van der Waals surface area (Å²) in [4.78, 5) is 2.59. The Hall–Kier alpha value is -1.26. The van der Waals surface area contributed by atoms with Crippen LogP contribution in [0.5, 0.6) is 5.75 Å². The average molecular weight is 421 g/mol. The standard InChI is InChI=1S/C23H30Cl2N2O/c1-15-16(2)23(28-4)8-7-21(15)17(3)27-11-9-20(10-12-27)26-14-18-5-6-19(24)13-22(18)25/h5-8,13,17,20,26H,9-12,14H2,1-4H3. The summed E-state index contributed by atoms with van der Waals surface area (Å²) in [5.74, 6) is 0.970. The minimum Gasteiger partial charge on any atom is -0.496 e. The van der Waals surface area contributed by atoms with E-state index >= 15 is 0 Å². The van der Waals surface area contributed by atoms with E-state index in [0.717, 1.165) is 48.8 Å². The summed E-state index contributed by atoms with van der Waals surface area (Å²) in [5.41, 5.74) is 5.08. The second-order valence-electron chi connectivity index (χ2n) is 7.71. The van der Waals surface area contributed by atoms with Crippen molar-refractivity contribution in [1.82, 2.24) is 10.2 Å². The molecule has 2 aromatic rings. The van der Waals surface area contributed by atoms with Crippen LogP contribution in [0.2, 0.25) is 10.0 Å². The molecule has 0 aromatic heterocycles. The number of ether oxygens (including phenoxy) is 1. The van der Waals surface area contributed by atoms with Crippen LogP contribution in [0, 0.1) is 13.8 Å².